The molecule has 0 aromatic heterocycles. The van der Waals surface area contributed by atoms with E-state index in [0.29, 0.717) is 0 Å². The molecule has 0 atom stereocenters. The van der Waals surface area contributed by atoms with Gasteiger partial charge in [0.25, 0.3) is 0 Å². The zero-order valence-electron chi connectivity index (χ0n) is 7.23. The van der Waals surface area contributed by atoms with E-state index in [-0.39, 0.29) is 0 Å². The van der Waals surface area contributed by atoms with Crippen LogP contribution in [0.4, 0.5) is 0 Å². The molecule has 2 nitrogen and oxygen atoms in total. The molecule has 4 heteroatoms. The molecule has 0 aromatic carbocycles. The summed E-state index contributed by atoms with van der Waals surface area (Å²) in [4.78, 5) is 0. The first kappa shape index (κ1) is 11.9. The van der Waals surface area contributed by atoms with E-state index in [0.717, 1.165) is 19.3 Å². The summed E-state index contributed by atoms with van der Waals surface area (Å²) < 4.78 is 12.1. The number of hydrogen-bond acceptors (Lipinski definition) is 2. The van der Waals surface area contributed by atoms with Gasteiger partial charge >= 0.3 is 9.28 Å². The molecule has 67 valence electrons. The second-order valence-corrected chi connectivity index (χ2v) is 4.93. The van der Waals surface area contributed by atoms with Gasteiger partial charge in [-0.15, -0.1) is 0 Å². The highest BCUT2D eigenvalue weighted by molar-refractivity contribution is 14.1. The molecule has 0 fully saturated rings. The molecule has 0 aromatic rings. The van der Waals surface area contributed by atoms with Crippen molar-refractivity contribution in [3.8, 4) is 0 Å². The third kappa shape index (κ3) is 7.23. The molecule has 0 bridgehead atoms. The summed E-state index contributed by atoms with van der Waals surface area (Å²) in [5, 5.41) is 0. The average Bonchev–Trinajstić information content (AvgIpc) is 2.01. The zero-order chi connectivity index (χ0) is 8.53. The van der Waals surface area contributed by atoms with Crippen LogP contribution in [0.15, 0.2) is 0 Å². The lowest BCUT2D eigenvalue weighted by atomic mass is 10.6. The third-order valence-electron chi connectivity index (χ3n) is 1.13. The fourth-order valence-electron chi connectivity index (χ4n) is 0.719. The maximum atomic E-state index is 5.46. The van der Waals surface area contributed by atoms with Gasteiger partial charge in [0.2, 0.25) is 0 Å². The molecule has 0 aliphatic carbocycles. The predicted octanol–water partition coefficient (Wildman–Crippen LogP) is 2.37. The zero-order valence-corrected chi connectivity index (χ0v) is 10.4. The molecule has 11 heavy (non-hydrogen) atoms. The minimum Gasteiger partial charge on any atom is -0.394 e. The van der Waals surface area contributed by atoms with Crippen LogP contribution in [0, 0.1) is 0 Å². The molecule has 0 N–H and O–H groups in total. The van der Waals surface area contributed by atoms with Crippen LogP contribution in [0.25, 0.3) is 0 Å². The second-order valence-electron chi connectivity index (χ2n) is 2.03. The lowest BCUT2D eigenvalue weighted by molar-refractivity contribution is 0.213. The van der Waals surface area contributed by atoms with Crippen LogP contribution in [0.1, 0.15) is 20.3 Å². The number of alkyl halides is 1. The van der Waals surface area contributed by atoms with E-state index < -0.39 is 9.28 Å². The maximum Gasteiger partial charge on any atom is 0.384 e. The summed E-state index contributed by atoms with van der Waals surface area (Å²) in [5.41, 5.74) is 0. The van der Waals surface area contributed by atoms with Crippen LogP contribution in [-0.2, 0) is 8.85 Å². The van der Waals surface area contributed by atoms with Gasteiger partial charge in [0, 0.05) is 13.2 Å². The number of halogens is 1. The minimum atomic E-state index is -0.914. The van der Waals surface area contributed by atoms with Gasteiger partial charge in [-0.3, -0.25) is 0 Å². The highest BCUT2D eigenvalue weighted by Crippen LogP contribution is 2.03. The van der Waals surface area contributed by atoms with Crippen molar-refractivity contribution < 1.29 is 8.85 Å². The van der Waals surface area contributed by atoms with Crippen molar-refractivity contribution in [2.45, 2.75) is 26.3 Å². The van der Waals surface area contributed by atoms with Crippen molar-refractivity contribution in [3.05, 3.63) is 0 Å². The van der Waals surface area contributed by atoms with Gasteiger partial charge in [0.05, 0.1) is 0 Å². The van der Waals surface area contributed by atoms with E-state index in [4.69, 9.17) is 8.85 Å². The quantitative estimate of drug-likeness (QED) is 0.406. The van der Waals surface area contributed by atoms with Crippen LogP contribution in [0.5, 0.6) is 0 Å². The molecule has 0 rings (SSSR count). The molecular weight excluding hydrogens is 271 g/mol. The van der Waals surface area contributed by atoms with E-state index in [1.165, 1.54) is 10.8 Å². The second kappa shape index (κ2) is 8.96. The summed E-state index contributed by atoms with van der Waals surface area (Å²) in [7, 11) is -0.914. The summed E-state index contributed by atoms with van der Waals surface area (Å²) in [6.45, 7) is 5.62. The number of rotatable bonds is 7. The van der Waals surface area contributed by atoms with E-state index in [1.807, 2.05) is 13.8 Å². The molecule has 0 saturated carbocycles. The van der Waals surface area contributed by atoms with E-state index in [2.05, 4.69) is 22.6 Å². The van der Waals surface area contributed by atoms with Crippen molar-refractivity contribution >= 4 is 31.9 Å². The van der Waals surface area contributed by atoms with Crippen LogP contribution < -0.4 is 0 Å². The molecule has 0 heterocycles. The van der Waals surface area contributed by atoms with Crippen molar-refractivity contribution in [1.82, 2.24) is 0 Å². The lowest BCUT2D eigenvalue weighted by Gasteiger charge is -2.11. The van der Waals surface area contributed by atoms with E-state index in [1.54, 1.807) is 0 Å². The third-order valence-corrected chi connectivity index (χ3v) is 3.87. The Hall–Kier alpha value is 0.867. The molecule has 0 spiro atoms. The fraction of sp³-hybridized carbons (Fsp3) is 1.00. The first-order valence-electron chi connectivity index (χ1n) is 4.02. The summed E-state index contributed by atoms with van der Waals surface area (Å²) in [5.74, 6) is 0. The molecular formula is C7H16IO2Si. The first-order chi connectivity index (χ1) is 5.35. The van der Waals surface area contributed by atoms with Gasteiger partial charge in [-0.1, -0.05) is 22.6 Å². The molecule has 1 radical (unpaired) electrons. The van der Waals surface area contributed by atoms with Gasteiger partial charge < -0.3 is 8.85 Å². The Labute approximate surface area is 84.6 Å². The van der Waals surface area contributed by atoms with Gasteiger partial charge in [0.1, 0.15) is 0 Å². The first-order valence-corrected chi connectivity index (χ1v) is 7.07. The lowest BCUT2D eigenvalue weighted by Crippen LogP contribution is -2.22. The minimum absolute atomic E-state index is 0.787. The average molecular weight is 287 g/mol. The van der Waals surface area contributed by atoms with Crippen molar-refractivity contribution in [1.29, 1.82) is 0 Å². The molecule has 0 amide bonds. The van der Waals surface area contributed by atoms with Crippen LogP contribution in [0.3, 0.4) is 0 Å². The molecule has 0 aliphatic heterocycles. The maximum absolute atomic E-state index is 5.46. The predicted molar refractivity (Wildman–Crippen MR) is 57.3 cm³/mol. The topological polar surface area (TPSA) is 18.5 Å². The van der Waals surface area contributed by atoms with Crippen LogP contribution in [0.2, 0.25) is 6.04 Å². The standard InChI is InChI=1S/C7H16IO2Si/c1-3-9-11(10-4-2)7-5-6-8/h3-7H2,1-2H3. The molecule has 0 aliphatic rings. The Bertz CT molecular complexity index is 76.8. The number of hydrogen-bond donors (Lipinski definition) is 0. The molecule has 0 saturated heterocycles. The molecule has 0 unspecified atom stereocenters. The van der Waals surface area contributed by atoms with Gasteiger partial charge in [-0.25, -0.2) is 0 Å². The van der Waals surface area contributed by atoms with Crippen molar-refractivity contribution in [2.75, 3.05) is 17.6 Å². The highest BCUT2D eigenvalue weighted by Gasteiger charge is 2.12. The Morgan fingerprint density at radius 2 is 1.73 bits per heavy atom. The Kier molecular flexibility index (Phi) is 9.66. The van der Waals surface area contributed by atoms with Crippen molar-refractivity contribution in [3.63, 3.8) is 0 Å². The SMILES string of the molecule is CCO[Si](CCCI)OCC. The normalized spacial score (nSPS) is 10.9. The fourth-order valence-corrected chi connectivity index (χ4v) is 3.30. The highest BCUT2D eigenvalue weighted by atomic mass is 127. The monoisotopic (exact) mass is 287 g/mol. The smallest absolute Gasteiger partial charge is 0.384 e. The Morgan fingerprint density at radius 3 is 2.09 bits per heavy atom. The summed E-state index contributed by atoms with van der Waals surface area (Å²) in [6, 6.07) is 1.12. The largest absolute Gasteiger partial charge is 0.394 e. The van der Waals surface area contributed by atoms with Crippen molar-refractivity contribution in [2.24, 2.45) is 0 Å². The van der Waals surface area contributed by atoms with Gasteiger partial charge in [-0.2, -0.15) is 0 Å². The van der Waals surface area contributed by atoms with Gasteiger partial charge in [0.15, 0.2) is 0 Å². The van der Waals surface area contributed by atoms with E-state index >= 15 is 0 Å². The van der Waals surface area contributed by atoms with Crippen LogP contribution >= 0.6 is 22.6 Å². The van der Waals surface area contributed by atoms with Crippen LogP contribution in [-0.4, -0.2) is 26.9 Å². The Morgan fingerprint density at radius 1 is 1.18 bits per heavy atom. The van der Waals surface area contributed by atoms with Gasteiger partial charge in [-0.05, 0) is 30.7 Å². The summed E-state index contributed by atoms with van der Waals surface area (Å²) >= 11 is 2.38. The Balaban J connectivity index is 3.34. The summed E-state index contributed by atoms with van der Waals surface area (Å²) in [6.07, 6.45) is 1.22. The van der Waals surface area contributed by atoms with E-state index in [9.17, 15) is 0 Å².